The number of hydrogen-bond acceptors (Lipinski definition) is 4. The molecule has 1 aromatic carbocycles. The van der Waals surface area contributed by atoms with Crippen molar-refractivity contribution in [2.75, 3.05) is 6.54 Å². The van der Waals surface area contributed by atoms with Crippen molar-refractivity contribution in [3.05, 3.63) is 35.9 Å². The molecule has 0 fully saturated rings. The first-order valence-corrected chi connectivity index (χ1v) is 6.31. The first-order valence-electron chi connectivity index (χ1n) is 5.90. The van der Waals surface area contributed by atoms with Gasteiger partial charge in [0.1, 0.15) is 6.61 Å². The molecule has 0 aliphatic carbocycles. The predicted molar refractivity (Wildman–Crippen MR) is 74.7 cm³/mol. The summed E-state index contributed by atoms with van der Waals surface area (Å²) in [4.78, 5) is 0. The van der Waals surface area contributed by atoms with Crippen LogP contribution in [0.3, 0.4) is 0 Å². The maximum atomic E-state index is 5.92. The third kappa shape index (κ3) is 5.77. The van der Waals surface area contributed by atoms with Crippen LogP contribution in [0.4, 0.5) is 0 Å². The van der Waals surface area contributed by atoms with Gasteiger partial charge in [-0.1, -0.05) is 36.8 Å². The molecule has 0 spiro atoms. The summed E-state index contributed by atoms with van der Waals surface area (Å²) in [6.07, 6.45) is 2.81. The second-order valence-electron chi connectivity index (χ2n) is 3.98. The van der Waals surface area contributed by atoms with Crippen molar-refractivity contribution >= 4 is 17.3 Å². The molecule has 1 atom stereocenters. The van der Waals surface area contributed by atoms with Gasteiger partial charge < -0.3 is 16.2 Å². The number of thiocarbonyl (C=S) groups is 1. The van der Waals surface area contributed by atoms with Crippen molar-refractivity contribution in [2.24, 2.45) is 11.5 Å². The molecule has 0 amide bonds. The number of benzene rings is 1. The molecule has 3 nitrogen and oxygen atoms in total. The lowest BCUT2D eigenvalue weighted by Gasteiger charge is -2.14. The molecule has 0 saturated carbocycles. The molecule has 4 heteroatoms. The number of nitrogens with two attached hydrogens (primary N) is 2. The van der Waals surface area contributed by atoms with E-state index in [1.165, 1.54) is 0 Å². The zero-order valence-corrected chi connectivity index (χ0v) is 10.8. The van der Waals surface area contributed by atoms with Crippen LogP contribution < -0.4 is 11.5 Å². The van der Waals surface area contributed by atoms with Gasteiger partial charge in [-0.3, -0.25) is 0 Å². The molecule has 1 rings (SSSR count). The molecule has 0 aromatic heterocycles. The van der Waals surface area contributed by atoms with Crippen molar-refractivity contribution in [3.8, 4) is 0 Å². The van der Waals surface area contributed by atoms with Gasteiger partial charge in [-0.2, -0.15) is 0 Å². The Bertz CT molecular complexity index is 329. The van der Waals surface area contributed by atoms with Crippen LogP contribution in [-0.4, -0.2) is 17.6 Å². The highest BCUT2D eigenvalue weighted by molar-refractivity contribution is 7.80. The molecule has 1 unspecified atom stereocenters. The molecule has 0 saturated heterocycles. The fraction of sp³-hybridized carbons (Fsp3) is 0.462. The first-order chi connectivity index (χ1) is 8.24. The Morgan fingerprint density at radius 3 is 2.59 bits per heavy atom. The van der Waals surface area contributed by atoms with Gasteiger partial charge >= 0.3 is 0 Å². The summed E-state index contributed by atoms with van der Waals surface area (Å²) in [6, 6.07) is 9.76. The van der Waals surface area contributed by atoms with Crippen LogP contribution in [-0.2, 0) is 11.3 Å². The van der Waals surface area contributed by atoms with Crippen LogP contribution in [0.5, 0.6) is 0 Å². The van der Waals surface area contributed by atoms with Crippen molar-refractivity contribution in [1.82, 2.24) is 0 Å². The van der Waals surface area contributed by atoms with E-state index in [1.807, 2.05) is 30.3 Å². The van der Waals surface area contributed by atoms with E-state index in [2.05, 4.69) is 0 Å². The monoisotopic (exact) mass is 252 g/mol. The first kappa shape index (κ1) is 14.1. The summed E-state index contributed by atoms with van der Waals surface area (Å²) in [5, 5.41) is 0.492. The number of ether oxygens (including phenoxy) is 1. The van der Waals surface area contributed by atoms with Gasteiger partial charge in [0.25, 0.3) is 0 Å². The minimum atomic E-state index is -0.166. The Morgan fingerprint density at radius 2 is 1.94 bits per heavy atom. The van der Waals surface area contributed by atoms with Crippen LogP contribution in [0, 0.1) is 0 Å². The van der Waals surface area contributed by atoms with Crippen LogP contribution in [0.2, 0.25) is 0 Å². The largest absolute Gasteiger partial charge is 0.481 e. The van der Waals surface area contributed by atoms with Crippen LogP contribution in [0.15, 0.2) is 30.3 Å². The fourth-order valence-corrected chi connectivity index (χ4v) is 1.64. The summed E-state index contributed by atoms with van der Waals surface area (Å²) < 4.78 is 5.50. The van der Waals surface area contributed by atoms with Crippen molar-refractivity contribution in [2.45, 2.75) is 31.9 Å². The SMILES string of the molecule is NCCCCC(N)C(=S)OCc1ccccc1. The number of unbranched alkanes of at least 4 members (excludes halogenated alkanes) is 1. The number of hydrogen-bond donors (Lipinski definition) is 2. The minimum absolute atomic E-state index is 0.166. The van der Waals surface area contributed by atoms with Gasteiger partial charge in [-0.05, 0) is 37.2 Å². The second kappa shape index (κ2) is 8.17. The van der Waals surface area contributed by atoms with Crippen LogP contribution in [0.1, 0.15) is 24.8 Å². The van der Waals surface area contributed by atoms with Gasteiger partial charge in [0.2, 0.25) is 0 Å². The molecule has 0 bridgehead atoms. The summed E-state index contributed by atoms with van der Waals surface area (Å²) >= 11 is 5.15. The van der Waals surface area contributed by atoms with E-state index in [4.69, 9.17) is 28.4 Å². The molecule has 4 N–H and O–H groups in total. The quantitative estimate of drug-likeness (QED) is 0.575. The summed E-state index contributed by atoms with van der Waals surface area (Å²) in [5.74, 6) is 0. The Hall–Kier alpha value is -0.970. The lowest BCUT2D eigenvalue weighted by molar-refractivity contribution is 0.285. The van der Waals surface area contributed by atoms with Gasteiger partial charge in [0.05, 0.1) is 6.04 Å². The summed E-state index contributed by atoms with van der Waals surface area (Å²) in [7, 11) is 0. The molecule has 0 aliphatic rings. The van der Waals surface area contributed by atoms with Crippen LogP contribution >= 0.6 is 12.2 Å². The third-order valence-electron chi connectivity index (χ3n) is 2.50. The maximum Gasteiger partial charge on any atom is 0.176 e. The smallest absolute Gasteiger partial charge is 0.176 e. The molecule has 94 valence electrons. The van der Waals surface area contributed by atoms with Crippen molar-refractivity contribution in [3.63, 3.8) is 0 Å². The second-order valence-corrected chi connectivity index (χ2v) is 4.39. The third-order valence-corrected chi connectivity index (χ3v) is 2.92. The minimum Gasteiger partial charge on any atom is -0.481 e. The highest BCUT2D eigenvalue weighted by atomic mass is 32.1. The lowest BCUT2D eigenvalue weighted by atomic mass is 10.1. The fourth-order valence-electron chi connectivity index (χ4n) is 1.46. The Morgan fingerprint density at radius 1 is 1.24 bits per heavy atom. The zero-order valence-electron chi connectivity index (χ0n) is 9.97. The average molecular weight is 252 g/mol. The summed E-state index contributed by atoms with van der Waals surface area (Å²) in [6.45, 7) is 1.19. The Kier molecular flexibility index (Phi) is 6.77. The molecule has 1 aromatic rings. The highest BCUT2D eigenvalue weighted by Gasteiger charge is 2.10. The summed E-state index contributed by atoms with van der Waals surface area (Å²) in [5.41, 5.74) is 12.4. The van der Waals surface area contributed by atoms with E-state index in [-0.39, 0.29) is 6.04 Å². The topological polar surface area (TPSA) is 61.3 Å². The Balaban J connectivity index is 2.24. The van der Waals surface area contributed by atoms with Gasteiger partial charge in [0, 0.05) is 0 Å². The molecular formula is C13H20N2OS. The number of rotatable bonds is 7. The maximum absolute atomic E-state index is 5.92. The van der Waals surface area contributed by atoms with E-state index in [1.54, 1.807) is 0 Å². The van der Waals surface area contributed by atoms with Gasteiger partial charge in [0.15, 0.2) is 5.05 Å². The molecule has 0 radical (unpaired) electrons. The van der Waals surface area contributed by atoms with Crippen LogP contribution in [0.25, 0.3) is 0 Å². The molecule has 0 heterocycles. The van der Waals surface area contributed by atoms with E-state index >= 15 is 0 Å². The lowest BCUT2D eigenvalue weighted by Crippen LogP contribution is -2.30. The van der Waals surface area contributed by atoms with E-state index < -0.39 is 0 Å². The average Bonchev–Trinajstić information content (AvgIpc) is 2.37. The molecular weight excluding hydrogens is 232 g/mol. The van der Waals surface area contributed by atoms with E-state index in [0.29, 0.717) is 18.2 Å². The molecule has 0 aliphatic heterocycles. The van der Waals surface area contributed by atoms with E-state index in [9.17, 15) is 0 Å². The van der Waals surface area contributed by atoms with Crippen molar-refractivity contribution < 1.29 is 4.74 Å². The van der Waals surface area contributed by atoms with Gasteiger partial charge in [-0.25, -0.2) is 0 Å². The Labute approximate surface area is 108 Å². The normalized spacial score (nSPS) is 12.1. The van der Waals surface area contributed by atoms with Gasteiger partial charge in [-0.15, -0.1) is 0 Å². The zero-order chi connectivity index (χ0) is 12.5. The molecule has 17 heavy (non-hydrogen) atoms. The van der Waals surface area contributed by atoms with E-state index in [0.717, 1.165) is 24.8 Å². The standard InChI is InChI=1S/C13H20N2OS/c14-9-5-4-8-12(15)13(17)16-10-11-6-2-1-3-7-11/h1-3,6-7,12H,4-5,8-10,14-15H2. The predicted octanol–water partition coefficient (Wildman–Crippen LogP) is 1.99. The van der Waals surface area contributed by atoms with Crippen molar-refractivity contribution in [1.29, 1.82) is 0 Å². The highest BCUT2D eigenvalue weighted by Crippen LogP contribution is 2.05.